The van der Waals surface area contributed by atoms with E-state index in [0.29, 0.717) is 42.9 Å². The van der Waals surface area contributed by atoms with Crippen LogP contribution in [-0.4, -0.2) is 42.0 Å². The molecule has 0 spiro atoms. The summed E-state index contributed by atoms with van der Waals surface area (Å²) in [7, 11) is 0. The molecule has 2 N–H and O–H groups in total. The van der Waals surface area contributed by atoms with Crippen molar-refractivity contribution in [2.75, 3.05) is 18.5 Å². The zero-order valence-corrected chi connectivity index (χ0v) is 20.4. The average molecular weight is 486 g/mol. The fourth-order valence-corrected chi connectivity index (χ4v) is 4.13. The molecule has 0 saturated carbocycles. The van der Waals surface area contributed by atoms with Crippen molar-refractivity contribution in [3.63, 3.8) is 0 Å². The maximum absolute atomic E-state index is 12.9. The lowest BCUT2D eigenvalue weighted by Gasteiger charge is -2.22. The molecule has 0 unspecified atom stereocenters. The molecular weight excluding hydrogens is 454 g/mol. The van der Waals surface area contributed by atoms with E-state index in [2.05, 4.69) is 17.6 Å². The molecule has 1 saturated heterocycles. The second kappa shape index (κ2) is 12.0. The van der Waals surface area contributed by atoms with Gasteiger partial charge in [-0.2, -0.15) is 0 Å². The van der Waals surface area contributed by atoms with Crippen molar-refractivity contribution in [3.05, 3.63) is 101 Å². The van der Waals surface area contributed by atoms with Gasteiger partial charge in [0.25, 0.3) is 11.8 Å². The van der Waals surface area contributed by atoms with Gasteiger partial charge < -0.3 is 15.4 Å². The summed E-state index contributed by atoms with van der Waals surface area (Å²) < 4.78 is 5.31. The van der Waals surface area contributed by atoms with E-state index in [4.69, 9.17) is 4.74 Å². The van der Waals surface area contributed by atoms with Crippen LogP contribution in [0.2, 0.25) is 0 Å². The minimum absolute atomic E-state index is 0.0601. The van der Waals surface area contributed by atoms with E-state index in [-0.39, 0.29) is 23.9 Å². The van der Waals surface area contributed by atoms with Crippen LogP contribution in [0.15, 0.2) is 78.9 Å². The van der Waals surface area contributed by atoms with Gasteiger partial charge in [-0.05, 0) is 60.4 Å². The molecule has 1 atom stereocenters. The highest BCUT2D eigenvalue weighted by molar-refractivity contribution is 6.04. The standard InChI is InChI=1S/C29H31N3O4/c1-2-3-16-30-27(33)23-12-14-25(15-13-23)31-28(34)24-11-7-10-22(17-24)19-32-26(20-36-29(32)35)18-21-8-5-4-6-9-21/h4-15,17,26H,2-3,16,18-20H2,1H3,(H,30,33)(H,31,34)/t26-/m1/s1. The van der Waals surface area contributed by atoms with E-state index in [1.54, 1.807) is 41.3 Å². The SMILES string of the molecule is CCCCNC(=O)c1ccc(NC(=O)c2cccc(CN3C(=O)OC[C@H]3Cc3ccccc3)c2)cc1. The fraction of sp³-hybridized carbons (Fsp3) is 0.276. The molecule has 0 radical (unpaired) electrons. The van der Waals surface area contributed by atoms with Crippen molar-refractivity contribution in [2.24, 2.45) is 0 Å². The van der Waals surface area contributed by atoms with Gasteiger partial charge >= 0.3 is 6.09 Å². The first-order chi connectivity index (χ1) is 17.5. The predicted octanol–water partition coefficient (Wildman–Crippen LogP) is 5.03. The number of amides is 3. The van der Waals surface area contributed by atoms with Crippen molar-refractivity contribution in [2.45, 2.75) is 38.8 Å². The minimum Gasteiger partial charge on any atom is -0.447 e. The van der Waals surface area contributed by atoms with Gasteiger partial charge in [-0.15, -0.1) is 0 Å². The number of anilines is 1. The van der Waals surface area contributed by atoms with Crippen LogP contribution in [0.1, 0.15) is 51.6 Å². The normalized spacial score (nSPS) is 14.9. The van der Waals surface area contributed by atoms with E-state index in [1.165, 1.54) is 0 Å². The molecule has 0 aromatic heterocycles. The quantitative estimate of drug-likeness (QED) is 0.394. The van der Waals surface area contributed by atoms with Crippen LogP contribution in [0, 0.1) is 0 Å². The maximum Gasteiger partial charge on any atom is 0.410 e. The van der Waals surface area contributed by atoms with Crippen LogP contribution in [0.5, 0.6) is 0 Å². The minimum atomic E-state index is -0.343. The number of hydrogen-bond acceptors (Lipinski definition) is 4. The molecule has 3 amide bonds. The van der Waals surface area contributed by atoms with Crippen molar-refractivity contribution in [3.8, 4) is 0 Å². The Morgan fingerprint density at radius 1 is 0.917 bits per heavy atom. The summed E-state index contributed by atoms with van der Waals surface area (Å²) in [5, 5.41) is 5.75. The molecule has 1 aliphatic heterocycles. The smallest absolute Gasteiger partial charge is 0.410 e. The van der Waals surface area contributed by atoms with Crippen LogP contribution in [-0.2, 0) is 17.7 Å². The Bertz CT molecular complexity index is 1190. The molecule has 1 fully saturated rings. The third kappa shape index (κ3) is 6.50. The van der Waals surface area contributed by atoms with Gasteiger partial charge in [-0.1, -0.05) is 55.8 Å². The summed E-state index contributed by atoms with van der Waals surface area (Å²) in [6.45, 7) is 3.43. The first-order valence-corrected chi connectivity index (χ1v) is 12.3. The van der Waals surface area contributed by atoms with E-state index in [1.807, 2.05) is 42.5 Å². The number of cyclic esters (lactones) is 1. The number of carbonyl (C=O) groups excluding carboxylic acids is 3. The lowest BCUT2D eigenvalue weighted by molar-refractivity contribution is 0.0952. The highest BCUT2D eigenvalue weighted by atomic mass is 16.6. The van der Waals surface area contributed by atoms with Crippen LogP contribution < -0.4 is 10.6 Å². The van der Waals surface area contributed by atoms with Crippen LogP contribution in [0.4, 0.5) is 10.5 Å². The molecular formula is C29H31N3O4. The van der Waals surface area contributed by atoms with E-state index >= 15 is 0 Å². The molecule has 7 heteroatoms. The summed E-state index contributed by atoms with van der Waals surface area (Å²) >= 11 is 0. The Hall–Kier alpha value is -4.13. The van der Waals surface area contributed by atoms with Crippen molar-refractivity contribution in [1.82, 2.24) is 10.2 Å². The number of nitrogens with zero attached hydrogens (tertiary/aromatic N) is 1. The first kappa shape index (κ1) is 25.0. The summed E-state index contributed by atoms with van der Waals surface area (Å²) in [5.74, 6) is -0.387. The first-order valence-electron chi connectivity index (χ1n) is 12.3. The zero-order valence-electron chi connectivity index (χ0n) is 20.4. The van der Waals surface area contributed by atoms with Crippen LogP contribution >= 0.6 is 0 Å². The molecule has 3 aromatic rings. The Kier molecular flexibility index (Phi) is 8.34. The van der Waals surface area contributed by atoms with Gasteiger partial charge in [0, 0.05) is 29.9 Å². The predicted molar refractivity (Wildman–Crippen MR) is 139 cm³/mol. The second-order valence-corrected chi connectivity index (χ2v) is 8.89. The molecule has 4 rings (SSSR count). The van der Waals surface area contributed by atoms with Gasteiger partial charge in [0.2, 0.25) is 0 Å². The number of rotatable bonds is 10. The largest absolute Gasteiger partial charge is 0.447 e. The Morgan fingerprint density at radius 3 is 2.42 bits per heavy atom. The number of nitrogens with one attached hydrogen (secondary N) is 2. The maximum atomic E-state index is 12.9. The molecule has 3 aromatic carbocycles. The van der Waals surface area contributed by atoms with Gasteiger partial charge in [-0.3, -0.25) is 14.5 Å². The van der Waals surface area contributed by atoms with Gasteiger partial charge in [0.15, 0.2) is 0 Å². The lowest BCUT2D eigenvalue weighted by atomic mass is 10.0. The number of carbonyl (C=O) groups is 3. The topological polar surface area (TPSA) is 87.7 Å². The van der Waals surface area contributed by atoms with E-state index < -0.39 is 0 Å². The third-order valence-electron chi connectivity index (χ3n) is 6.15. The zero-order chi connectivity index (χ0) is 25.3. The number of benzene rings is 3. The van der Waals surface area contributed by atoms with E-state index in [0.717, 1.165) is 24.0 Å². The molecule has 36 heavy (non-hydrogen) atoms. The number of ether oxygens (including phenoxy) is 1. The molecule has 0 aliphatic carbocycles. The van der Waals surface area contributed by atoms with Gasteiger partial charge in [0.05, 0.1) is 6.04 Å². The fourth-order valence-electron chi connectivity index (χ4n) is 4.13. The summed E-state index contributed by atoms with van der Waals surface area (Å²) in [5.41, 5.74) is 3.62. The summed E-state index contributed by atoms with van der Waals surface area (Å²) in [4.78, 5) is 39.1. The van der Waals surface area contributed by atoms with Crippen LogP contribution in [0.3, 0.4) is 0 Å². The molecule has 7 nitrogen and oxygen atoms in total. The number of unbranched alkanes of at least 4 members (excludes halogenated alkanes) is 1. The van der Waals surface area contributed by atoms with Crippen LogP contribution in [0.25, 0.3) is 0 Å². The monoisotopic (exact) mass is 485 g/mol. The molecule has 186 valence electrons. The second-order valence-electron chi connectivity index (χ2n) is 8.89. The summed E-state index contributed by atoms with van der Waals surface area (Å²) in [6, 6.07) is 24.0. The highest BCUT2D eigenvalue weighted by Gasteiger charge is 2.33. The van der Waals surface area contributed by atoms with Gasteiger partial charge in [-0.25, -0.2) is 4.79 Å². The highest BCUT2D eigenvalue weighted by Crippen LogP contribution is 2.21. The van der Waals surface area contributed by atoms with Gasteiger partial charge in [0.1, 0.15) is 6.61 Å². The molecule has 1 aliphatic rings. The average Bonchev–Trinajstić information content (AvgIpc) is 3.23. The third-order valence-corrected chi connectivity index (χ3v) is 6.15. The Balaban J connectivity index is 1.37. The molecule has 1 heterocycles. The van der Waals surface area contributed by atoms with Crippen molar-refractivity contribution < 1.29 is 19.1 Å². The lowest BCUT2D eigenvalue weighted by Crippen LogP contribution is -2.34. The van der Waals surface area contributed by atoms with Crippen molar-refractivity contribution in [1.29, 1.82) is 0 Å². The Labute approximate surface area is 211 Å². The van der Waals surface area contributed by atoms with Crippen molar-refractivity contribution >= 4 is 23.6 Å². The Morgan fingerprint density at radius 2 is 1.67 bits per heavy atom. The molecule has 0 bridgehead atoms. The number of hydrogen-bond donors (Lipinski definition) is 2. The summed E-state index contributed by atoms with van der Waals surface area (Å²) in [6.07, 6.45) is 2.32. The van der Waals surface area contributed by atoms with E-state index in [9.17, 15) is 14.4 Å².